The fraction of sp³-hybridized carbons (Fsp3) is 0.538. The second-order valence-electron chi connectivity index (χ2n) is 5.53. The molecule has 1 N–H and O–H groups in total. The van der Waals surface area contributed by atoms with Crippen molar-refractivity contribution < 1.29 is 4.42 Å². The van der Waals surface area contributed by atoms with Crippen LogP contribution in [0.15, 0.2) is 16.9 Å². The lowest BCUT2D eigenvalue weighted by Gasteiger charge is -2.19. The molecule has 0 fully saturated rings. The number of oxazole rings is 1. The Labute approximate surface area is 107 Å². The first-order chi connectivity index (χ1) is 8.37. The van der Waals surface area contributed by atoms with E-state index < -0.39 is 0 Å². The maximum Gasteiger partial charge on any atom is 0.181 e. The summed E-state index contributed by atoms with van der Waals surface area (Å²) in [5.41, 5.74) is 2.89. The second kappa shape index (κ2) is 4.57. The molecule has 0 amide bonds. The quantitative estimate of drug-likeness (QED) is 0.905. The van der Waals surface area contributed by atoms with E-state index in [1.807, 2.05) is 24.7 Å². The Morgan fingerprint density at radius 2 is 2.11 bits per heavy atom. The highest BCUT2D eigenvalue weighted by Gasteiger charge is 2.17. The topological polar surface area (TPSA) is 55.9 Å². The molecular formula is C13H20N4O. The highest BCUT2D eigenvalue weighted by molar-refractivity contribution is 5.55. The molecule has 0 saturated heterocycles. The predicted octanol–water partition coefficient (Wildman–Crippen LogP) is 2.27. The summed E-state index contributed by atoms with van der Waals surface area (Å²) in [6.45, 7) is 9.02. The summed E-state index contributed by atoms with van der Waals surface area (Å²) in [4.78, 5) is 4.28. The second-order valence-corrected chi connectivity index (χ2v) is 5.53. The van der Waals surface area contributed by atoms with Crippen molar-refractivity contribution in [3.8, 4) is 11.5 Å². The van der Waals surface area contributed by atoms with E-state index in [1.165, 1.54) is 6.39 Å². The Hall–Kier alpha value is -1.62. The minimum absolute atomic E-state index is 0.0542. The van der Waals surface area contributed by atoms with E-state index in [2.05, 4.69) is 36.2 Å². The van der Waals surface area contributed by atoms with Crippen molar-refractivity contribution in [3.63, 3.8) is 0 Å². The van der Waals surface area contributed by atoms with Crippen LogP contribution in [0.4, 0.5) is 0 Å². The first-order valence-corrected chi connectivity index (χ1v) is 6.05. The number of nitrogens with one attached hydrogen (secondary N) is 1. The van der Waals surface area contributed by atoms with Crippen molar-refractivity contribution in [2.45, 2.75) is 39.8 Å². The van der Waals surface area contributed by atoms with Crippen LogP contribution in [-0.2, 0) is 13.6 Å². The van der Waals surface area contributed by atoms with E-state index in [1.54, 1.807) is 0 Å². The molecule has 98 valence electrons. The average Bonchev–Trinajstić information content (AvgIpc) is 2.80. The van der Waals surface area contributed by atoms with Crippen LogP contribution in [0, 0.1) is 6.92 Å². The van der Waals surface area contributed by atoms with E-state index in [9.17, 15) is 0 Å². The lowest BCUT2D eigenvalue weighted by atomic mass is 10.1. The standard InChI is InChI=1S/C13H20N4O/c1-9-6-11(17(5)16-9)12-10(14-8-18-12)7-15-13(2,3)4/h6,8,15H,7H2,1-5H3. The van der Waals surface area contributed by atoms with Gasteiger partial charge in [0.05, 0.1) is 5.69 Å². The Balaban J connectivity index is 2.25. The summed E-state index contributed by atoms with van der Waals surface area (Å²) >= 11 is 0. The molecule has 0 aliphatic rings. The van der Waals surface area contributed by atoms with Crippen LogP contribution in [0.25, 0.3) is 11.5 Å². The van der Waals surface area contributed by atoms with Gasteiger partial charge in [0.15, 0.2) is 12.2 Å². The van der Waals surface area contributed by atoms with Crippen LogP contribution in [0.2, 0.25) is 0 Å². The van der Waals surface area contributed by atoms with E-state index in [-0.39, 0.29) is 5.54 Å². The number of hydrogen-bond acceptors (Lipinski definition) is 4. The summed E-state index contributed by atoms with van der Waals surface area (Å²) in [5.74, 6) is 0.787. The summed E-state index contributed by atoms with van der Waals surface area (Å²) < 4.78 is 7.31. The van der Waals surface area contributed by atoms with Gasteiger partial charge >= 0.3 is 0 Å². The Bertz CT molecular complexity index is 533. The molecule has 0 radical (unpaired) electrons. The number of nitrogens with zero attached hydrogens (tertiary/aromatic N) is 3. The van der Waals surface area contributed by atoms with Crippen molar-refractivity contribution >= 4 is 0 Å². The summed E-state index contributed by atoms with van der Waals surface area (Å²) in [5, 5.41) is 7.73. The molecule has 0 spiro atoms. The van der Waals surface area contributed by atoms with Gasteiger partial charge in [-0.15, -0.1) is 0 Å². The van der Waals surface area contributed by atoms with Crippen LogP contribution < -0.4 is 5.32 Å². The van der Waals surface area contributed by atoms with E-state index in [0.29, 0.717) is 6.54 Å². The zero-order chi connectivity index (χ0) is 13.3. The number of hydrogen-bond donors (Lipinski definition) is 1. The van der Waals surface area contributed by atoms with Gasteiger partial charge in [0.25, 0.3) is 0 Å². The Morgan fingerprint density at radius 3 is 2.67 bits per heavy atom. The molecule has 0 aliphatic carbocycles. The third-order valence-electron chi connectivity index (χ3n) is 2.66. The zero-order valence-electron chi connectivity index (χ0n) is 11.6. The normalized spacial score (nSPS) is 12.1. The highest BCUT2D eigenvalue weighted by atomic mass is 16.3. The molecule has 0 bridgehead atoms. The molecule has 2 aromatic rings. The largest absolute Gasteiger partial charge is 0.442 e. The molecule has 5 heteroatoms. The van der Waals surface area contributed by atoms with Crippen molar-refractivity contribution in [2.24, 2.45) is 7.05 Å². The lowest BCUT2D eigenvalue weighted by Crippen LogP contribution is -2.35. The predicted molar refractivity (Wildman–Crippen MR) is 70.0 cm³/mol. The van der Waals surface area contributed by atoms with Crippen LogP contribution in [0.1, 0.15) is 32.2 Å². The van der Waals surface area contributed by atoms with Crippen molar-refractivity contribution in [2.75, 3.05) is 0 Å². The molecule has 0 aromatic carbocycles. The molecule has 2 heterocycles. The monoisotopic (exact) mass is 248 g/mol. The van der Waals surface area contributed by atoms with Gasteiger partial charge in [-0.05, 0) is 33.8 Å². The minimum Gasteiger partial charge on any atom is -0.442 e. The summed E-state index contributed by atoms with van der Waals surface area (Å²) in [6, 6.07) is 2.00. The maximum absolute atomic E-state index is 5.50. The third-order valence-corrected chi connectivity index (χ3v) is 2.66. The molecule has 2 aromatic heterocycles. The molecule has 5 nitrogen and oxygen atoms in total. The minimum atomic E-state index is 0.0542. The van der Waals surface area contributed by atoms with E-state index in [4.69, 9.17) is 4.42 Å². The van der Waals surface area contributed by atoms with Gasteiger partial charge in [0.2, 0.25) is 0 Å². The van der Waals surface area contributed by atoms with Gasteiger partial charge in [0, 0.05) is 19.1 Å². The van der Waals surface area contributed by atoms with Gasteiger partial charge < -0.3 is 9.73 Å². The average molecular weight is 248 g/mol. The van der Waals surface area contributed by atoms with Crippen molar-refractivity contribution in [1.29, 1.82) is 0 Å². The SMILES string of the molecule is Cc1cc(-c2ocnc2CNC(C)(C)C)n(C)n1. The Kier molecular flexibility index (Phi) is 3.26. The van der Waals surface area contributed by atoms with Gasteiger partial charge in [-0.1, -0.05) is 0 Å². The number of aromatic nitrogens is 3. The molecule has 18 heavy (non-hydrogen) atoms. The number of aryl methyl sites for hydroxylation is 2. The molecule has 2 rings (SSSR count). The van der Waals surface area contributed by atoms with Gasteiger partial charge in [-0.2, -0.15) is 5.10 Å². The molecule has 0 saturated carbocycles. The van der Waals surface area contributed by atoms with E-state index >= 15 is 0 Å². The number of rotatable bonds is 3. The van der Waals surface area contributed by atoms with Crippen LogP contribution in [0.5, 0.6) is 0 Å². The van der Waals surface area contributed by atoms with Gasteiger partial charge in [0.1, 0.15) is 11.4 Å². The molecule has 0 atom stereocenters. The fourth-order valence-electron chi connectivity index (χ4n) is 1.78. The fourth-order valence-corrected chi connectivity index (χ4v) is 1.78. The lowest BCUT2D eigenvalue weighted by molar-refractivity contribution is 0.421. The first kappa shape index (κ1) is 12.8. The van der Waals surface area contributed by atoms with Crippen molar-refractivity contribution in [1.82, 2.24) is 20.1 Å². The zero-order valence-corrected chi connectivity index (χ0v) is 11.6. The molecular weight excluding hydrogens is 228 g/mol. The van der Waals surface area contributed by atoms with Crippen molar-refractivity contribution in [3.05, 3.63) is 23.8 Å². The maximum atomic E-state index is 5.50. The first-order valence-electron chi connectivity index (χ1n) is 6.05. The highest BCUT2D eigenvalue weighted by Crippen LogP contribution is 2.23. The van der Waals surface area contributed by atoms with E-state index in [0.717, 1.165) is 22.8 Å². The van der Waals surface area contributed by atoms with Gasteiger partial charge in [-0.3, -0.25) is 4.68 Å². The third kappa shape index (κ3) is 2.79. The Morgan fingerprint density at radius 1 is 1.39 bits per heavy atom. The van der Waals surface area contributed by atoms with Crippen LogP contribution in [0.3, 0.4) is 0 Å². The summed E-state index contributed by atoms with van der Waals surface area (Å²) in [7, 11) is 1.91. The molecule has 0 unspecified atom stereocenters. The van der Waals surface area contributed by atoms with Gasteiger partial charge in [-0.25, -0.2) is 4.98 Å². The van der Waals surface area contributed by atoms with Crippen LogP contribution in [-0.4, -0.2) is 20.3 Å². The molecule has 0 aliphatic heterocycles. The van der Waals surface area contributed by atoms with Crippen LogP contribution >= 0.6 is 0 Å². The summed E-state index contributed by atoms with van der Waals surface area (Å²) in [6.07, 6.45) is 1.48. The smallest absolute Gasteiger partial charge is 0.181 e.